The van der Waals surface area contributed by atoms with E-state index in [-0.39, 0.29) is 11.5 Å². The van der Waals surface area contributed by atoms with Gasteiger partial charge in [0.15, 0.2) is 0 Å². The number of rotatable bonds is 4. The summed E-state index contributed by atoms with van der Waals surface area (Å²) in [6, 6.07) is 9.45. The molecule has 0 aliphatic carbocycles. The first kappa shape index (κ1) is 13.0. The maximum Gasteiger partial charge on any atom is 0.357 e. The minimum absolute atomic E-state index is 0.253. The highest BCUT2D eigenvalue weighted by atomic mass is 32.2. The van der Waals surface area contributed by atoms with Crippen LogP contribution in [0.3, 0.4) is 0 Å². The van der Waals surface area contributed by atoms with Gasteiger partial charge in [-0.2, -0.15) is 8.42 Å². The van der Waals surface area contributed by atoms with Crippen LogP contribution in [0.5, 0.6) is 11.5 Å². The molecule has 0 aliphatic heterocycles. The second kappa shape index (κ2) is 5.44. The second-order valence-corrected chi connectivity index (χ2v) is 4.47. The monoisotopic (exact) mass is 288 g/mol. The summed E-state index contributed by atoms with van der Waals surface area (Å²) < 4.78 is 47.4. The molecule has 2 aromatic rings. The summed E-state index contributed by atoms with van der Waals surface area (Å²) in [7, 11) is 0. The molecule has 0 saturated heterocycles. The molecule has 0 bridgehead atoms. The summed E-state index contributed by atoms with van der Waals surface area (Å²) in [6.45, 7) is 0. The van der Waals surface area contributed by atoms with Crippen molar-refractivity contribution in [3.8, 4) is 11.5 Å². The number of fused-ring (bicyclic) bond motifs is 1. The Morgan fingerprint density at radius 2 is 1.17 bits per heavy atom. The fraction of sp³-hybridized carbons (Fsp3) is 0. The van der Waals surface area contributed by atoms with E-state index in [1.165, 1.54) is 12.1 Å². The first-order valence-electron chi connectivity index (χ1n) is 4.67. The van der Waals surface area contributed by atoms with Gasteiger partial charge >= 0.3 is 22.7 Å². The highest BCUT2D eigenvalue weighted by molar-refractivity contribution is 7.74. The Labute approximate surface area is 108 Å². The van der Waals surface area contributed by atoms with Crippen molar-refractivity contribution in [2.75, 3.05) is 0 Å². The molecule has 2 aromatic carbocycles. The van der Waals surface area contributed by atoms with Crippen molar-refractivity contribution < 1.29 is 25.9 Å². The summed E-state index contributed by atoms with van der Waals surface area (Å²) >= 11 is -4.74. The fourth-order valence-corrected chi connectivity index (χ4v) is 2.01. The standard InChI is InChI=1S/C10H8O6S2/c11-17(12)15-9-3-1-7-5-10(16-18(13)14)4-2-8(7)6-9/h1-6H,(H,11,12)(H,13,14). The molecular formula is C10H8O6S2. The van der Waals surface area contributed by atoms with Gasteiger partial charge in [0, 0.05) is 0 Å². The van der Waals surface area contributed by atoms with Gasteiger partial charge in [-0.15, -0.1) is 0 Å². The van der Waals surface area contributed by atoms with Crippen LogP contribution in [-0.2, 0) is 22.7 Å². The van der Waals surface area contributed by atoms with Crippen molar-refractivity contribution in [2.45, 2.75) is 0 Å². The second-order valence-electron chi connectivity index (χ2n) is 3.27. The zero-order chi connectivity index (χ0) is 13.1. The van der Waals surface area contributed by atoms with E-state index in [9.17, 15) is 8.42 Å². The third-order valence-corrected chi connectivity index (χ3v) is 2.79. The lowest BCUT2D eigenvalue weighted by atomic mass is 10.1. The maximum absolute atomic E-state index is 10.5. The van der Waals surface area contributed by atoms with Crippen LogP contribution >= 0.6 is 0 Å². The molecular weight excluding hydrogens is 280 g/mol. The average Bonchev–Trinajstić information content (AvgIpc) is 2.27. The topological polar surface area (TPSA) is 93.1 Å². The van der Waals surface area contributed by atoms with Gasteiger partial charge in [-0.3, -0.25) is 9.11 Å². The van der Waals surface area contributed by atoms with Crippen molar-refractivity contribution in [1.82, 2.24) is 0 Å². The van der Waals surface area contributed by atoms with Gasteiger partial charge in [-0.1, -0.05) is 12.1 Å². The Morgan fingerprint density at radius 1 is 0.778 bits per heavy atom. The number of hydrogen-bond acceptors (Lipinski definition) is 4. The largest absolute Gasteiger partial charge is 0.380 e. The molecule has 96 valence electrons. The van der Waals surface area contributed by atoms with Crippen LogP contribution in [0.15, 0.2) is 36.4 Å². The predicted octanol–water partition coefficient (Wildman–Crippen LogP) is 1.87. The van der Waals surface area contributed by atoms with Crippen LogP contribution in [0.4, 0.5) is 0 Å². The van der Waals surface area contributed by atoms with E-state index in [2.05, 4.69) is 8.37 Å². The molecule has 2 N–H and O–H groups in total. The Morgan fingerprint density at radius 3 is 1.50 bits per heavy atom. The Kier molecular flexibility index (Phi) is 3.92. The molecule has 2 rings (SSSR count). The molecule has 0 heterocycles. The Hall–Kier alpha value is -1.48. The zero-order valence-corrected chi connectivity index (χ0v) is 10.4. The predicted molar refractivity (Wildman–Crippen MR) is 66.7 cm³/mol. The lowest BCUT2D eigenvalue weighted by Gasteiger charge is -2.04. The van der Waals surface area contributed by atoms with Gasteiger partial charge in [0.1, 0.15) is 11.5 Å². The highest BCUT2D eigenvalue weighted by Gasteiger charge is 2.04. The van der Waals surface area contributed by atoms with Crippen molar-refractivity contribution >= 4 is 33.5 Å². The number of benzene rings is 2. The quantitative estimate of drug-likeness (QED) is 0.834. The third kappa shape index (κ3) is 3.26. The third-order valence-electron chi connectivity index (χ3n) is 2.12. The number of hydrogen-bond donors (Lipinski definition) is 2. The van der Waals surface area contributed by atoms with Crippen LogP contribution in [-0.4, -0.2) is 17.5 Å². The molecule has 2 unspecified atom stereocenters. The lowest BCUT2D eigenvalue weighted by Crippen LogP contribution is -1.98. The van der Waals surface area contributed by atoms with Crippen LogP contribution in [0, 0.1) is 0 Å². The average molecular weight is 288 g/mol. The zero-order valence-electron chi connectivity index (χ0n) is 8.81. The molecule has 0 fully saturated rings. The SMILES string of the molecule is O=S(O)Oc1ccc2cc(OS(=O)O)ccc2c1. The van der Waals surface area contributed by atoms with Crippen LogP contribution in [0.25, 0.3) is 10.8 Å². The van der Waals surface area contributed by atoms with E-state index in [0.29, 0.717) is 0 Å². The maximum atomic E-state index is 10.5. The lowest BCUT2D eigenvalue weighted by molar-refractivity contribution is 0.456. The molecule has 0 spiro atoms. The summed E-state index contributed by atoms with van der Waals surface area (Å²) in [6.07, 6.45) is 0. The Bertz CT molecular complexity index is 572. The minimum Gasteiger partial charge on any atom is -0.380 e. The van der Waals surface area contributed by atoms with Gasteiger partial charge in [-0.05, 0) is 35.0 Å². The Balaban J connectivity index is 2.35. The molecule has 0 amide bonds. The molecule has 2 atom stereocenters. The first-order valence-corrected chi connectivity index (χ1v) is 6.73. The van der Waals surface area contributed by atoms with Crippen LogP contribution in [0.2, 0.25) is 0 Å². The van der Waals surface area contributed by atoms with Crippen LogP contribution in [0.1, 0.15) is 0 Å². The van der Waals surface area contributed by atoms with E-state index in [4.69, 9.17) is 9.11 Å². The molecule has 0 radical (unpaired) electrons. The van der Waals surface area contributed by atoms with E-state index in [1.54, 1.807) is 24.3 Å². The highest BCUT2D eigenvalue weighted by Crippen LogP contribution is 2.25. The summed E-state index contributed by atoms with van der Waals surface area (Å²) in [5.41, 5.74) is 0. The van der Waals surface area contributed by atoms with Gasteiger partial charge < -0.3 is 8.37 Å². The van der Waals surface area contributed by atoms with Crippen molar-refractivity contribution in [3.63, 3.8) is 0 Å². The molecule has 8 heteroatoms. The van der Waals surface area contributed by atoms with E-state index in [0.717, 1.165) is 10.8 Å². The molecule has 0 aromatic heterocycles. The van der Waals surface area contributed by atoms with Crippen molar-refractivity contribution in [1.29, 1.82) is 0 Å². The molecule has 18 heavy (non-hydrogen) atoms. The smallest absolute Gasteiger partial charge is 0.357 e. The van der Waals surface area contributed by atoms with E-state index < -0.39 is 22.7 Å². The van der Waals surface area contributed by atoms with E-state index in [1.807, 2.05) is 0 Å². The van der Waals surface area contributed by atoms with Gasteiger partial charge in [0.25, 0.3) is 0 Å². The minimum atomic E-state index is -2.37. The molecule has 0 saturated carbocycles. The van der Waals surface area contributed by atoms with E-state index >= 15 is 0 Å². The normalized spacial score (nSPS) is 14.1. The first-order chi connectivity index (χ1) is 8.54. The van der Waals surface area contributed by atoms with Crippen molar-refractivity contribution in [3.05, 3.63) is 36.4 Å². The summed E-state index contributed by atoms with van der Waals surface area (Å²) in [5.74, 6) is 0.505. The van der Waals surface area contributed by atoms with Gasteiger partial charge in [-0.25, -0.2) is 0 Å². The summed E-state index contributed by atoms with van der Waals surface area (Å²) in [5, 5.41) is 1.49. The molecule has 6 nitrogen and oxygen atoms in total. The summed E-state index contributed by atoms with van der Waals surface area (Å²) in [4.78, 5) is 0. The van der Waals surface area contributed by atoms with Crippen LogP contribution < -0.4 is 8.37 Å². The van der Waals surface area contributed by atoms with Crippen molar-refractivity contribution in [2.24, 2.45) is 0 Å². The molecule has 0 aliphatic rings. The fourth-order valence-electron chi connectivity index (χ4n) is 1.47. The van der Waals surface area contributed by atoms with Gasteiger partial charge in [0.2, 0.25) is 0 Å². The van der Waals surface area contributed by atoms with Gasteiger partial charge in [0.05, 0.1) is 0 Å².